The van der Waals surface area contributed by atoms with Gasteiger partial charge in [-0.2, -0.15) is 0 Å². The molecule has 2 N–H and O–H groups in total. The van der Waals surface area contributed by atoms with E-state index in [9.17, 15) is 9.59 Å². The van der Waals surface area contributed by atoms with Gasteiger partial charge in [-0.15, -0.1) is 0 Å². The maximum Gasteiger partial charge on any atom is 0.319 e. The van der Waals surface area contributed by atoms with Crippen LogP contribution in [-0.4, -0.2) is 43.6 Å². The third-order valence-electron chi connectivity index (χ3n) is 5.05. The van der Waals surface area contributed by atoms with E-state index >= 15 is 0 Å². The average molecular weight is 393 g/mol. The summed E-state index contributed by atoms with van der Waals surface area (Å²) in [5.74, 6) is 0.644. The zero-order chi connectivity index (χ0) is 20.2. The van der Waals surface area contributed by atoms with Crippen molar-refractivity contribution in [2.24, 2.45) is 0 Å². The van der Waals surface area contributed by atoms with Gasteiger partial charge in [0.05, 0.1) is 30.5 Å². The highest BCUT2D eigenvalue weighted by Crippen LogP contribution is 2.33. The minimum absolute atomic E-state index is 0.0843. The summed E-state index contributed by atoms with van der Waals surface area (Å²) in [5, 5.41) is 5.63. The molecule has 2 aromatic rings. The highest BCUT2D eigenvalue weighted by Gasteiger charge is 2.40. The Labute approximate surface area is 169 Å². The second kappa shape index (κ2) is 8.36. The smallest absolute Gasteiger partial charge is 0.319 e. The summed E-state index contributed by atoms with van der Waals surface area (Å²) in [6.07, 6.45) is 0. The van der Waals surface area contributed by atoms with E-state index in [0.29, 0.717) is 37.6 Å². The zero-order valence-electron chi connectivity index (χ0n) is 16.2. The molecule has 0 bridgehead atoms. The molecule has 1 atom stereocenters. The molecule has 4 rings (SSSR count). The molecule has 2 heterocycles. The van der Waals surface area contributed by atoms with Crippen molar-refractivity contribution in [3.63, 3.8) is 0 Å². The molecule has 0 fully saturated rings. The lowest BCUT2D eigenvalue weighted by molar-refractivity contribution is -0.126. The summed E-state index contributed by atoms with van der Waals surface area (Å²) in [6, 6.07) is 16.6. The average Bonchev–Trinajstić information content (AvgIpc) is 3.06. The van der Waals surface area contributed by atoms with Gasteiger partial charge < -0.3 is 25.0 Å². The van der Waals surface area contributed by atoms with Gasteiger partial charge in [0.25, 0.3) is 5.91 Å². The van der Waals surface area contributed by atoms with Gasteiger partial charge in [-0.1, -0.05) is 42.5 Å². The summed E-state index contributed by atoms with van der Waals surface area (Å²) >= 11 is 0. The van der Waals surface area contributed by atoms with Crippen molar-refractivity contribution in [1.29, 1.82) is 0 Å². The van der Waals surface area contributed by atoms with Crippen LogP contribution in [0.4, 0.5) is 4.79 Å². The molecule has 0 saturated carbocycles. The molecule has 0 aromatic heterocycles. The number of carbonyl (C=O) groups excluding carboxylic acids is 2. The molecule has 0 spiro atoms. The number of nitrogens with one attached hydrogen (secondary N) is 2. The van der Waals surface area contributed by atoms with E-state index in [1.807, 2.05) is 54.6 Å². The number of carbonyl (C=O) groups is 2. The van der Waals surface area contributed by atoms with Crippen molar-refractivity contribution in [1.82, 2.24) is 15.5 Å². The molecule has 29 heavy (non-hydrogen) atoms. The molecule has 2 aliphatic heterocycles. The summed E-state index contributed by atoms with van der Waals surface area (Å²) in [6.45, 7) is 1.80. The fourth-order valence-corrected chi connectivity index (χ4v) is 3.56. The van der Waals surface area contributed by atoms with Gasteiger partial charge in [-0.3, -0.25) is 4.79 Å². The van der Waals surface area contributed by atoms with Gasteiger partial charge in [-0.25, -0.2) is 4.79 Å². The second-order valence-electron chi connectivity index (χ2n) is 6.99. The van der Waals surface area contributed by atoms with E-state index in [1.54, 1.807) is 12.0 Å². The SMILES string of the molecule is COCCN1CC2=C(C1=O)[C@H](c1ccc(OCc3ccccc3)cc1)NC(=O)N2. The van der Waals surface area contributed by atoms with Crippen molar-refractivity contribution >= 4 is 11.9 Å². The van der Waals surface area contributed by atoms with E-state index in [2.05, 4.69) is 10.6 Å². The first-order valence-electron chi connectivity index (χ1n) is 9.51. The maximum atomic E-state index is 12.9. The fourth-order valence-electron chi connectivity index (χ4n) is 3.56. The first-order valence-corrected chi connectivity index (χ1v) is 9.51. The number of ether oxygens (including phenoxy) is 2. The molecule has 3 amide bonds. The van der Waals surface area contributed by atoms with E-state index in [-0.39, 0.29) is 11.9 Å². The Balaban J connectivity index is 1.49. The van der Waals surface area contributed by atoms with E-state index in [0.717, 1.165) is 16.9 Å². The topological polar surface area (TPSA) is 79.9 Å². The molecule has 0 unspecified atom stereocenters. The number of methoxy groups -OCH3 is 1. The molecule has 2 aromatic carbocycles. The maximum absolute atomic E-state index is 12.9. The third kappa shape index (κ3) is 4.09. The second-order valence-corrected chi connectivity index (χ2v) is 6.99. The van der Waals surface area contributed by atoms with Crippen LogP contribution >= 0.6 is 0 Å². The van der Waals surface area contributed by atoms with Crippen LogP contribution in [0.2, 0.25) is 0 Å². The summed E-state index contributed by atoms with van der Waals surface area (Å²) < 4.78 is 10.9. The lowest BCUT2D eigenvalue weighted by Gasteiger charge is -2.25. The molecule has 0 aliphatic carbocycles. The minimum atomic E-state index is -0.484. The van der Waals surface area contributed by atoms with Crippen molar-refractivity contribution in [3.05, 3.63) is 77.0 Å². The van der Waals surface area contributed by atoms with Crippen LogP contribution in [0.15, 0.2) is 65.9 Å². The predicted molar refractivity (Wildman–Crippen MR) is 107 cm³/mol. The summed E-state index contributed by atoms with van der Waals surface area (Å²) in [7, 11) is 1.60. The van der Waals surface area contributed by atoms with Crippen molar-refractivity contribution in [2.75, 3.05) is 26.8 Å². The number of urea groups is 1. The van der Waals surface area contributed by atoms with Gasteiger partial charge in [0.2, 0.25) is 0 Å². The summed E-state index contributed by atoms with van der Waals surface area (Å²) in [5.41, 5.74) is 3.16. The number of hydrogen-bond donors (Lipinski definition) is 2. The predicted octanol–water partition coefficient (Wildman–Crippen LogP) is 2.36. The van der Waals surface area contributed by atoms with Crippen LogP contribution in [0.3, 0.4) is 0 Å². The Hall–Kier alpha value is -3.32. The van der Waals surface area contributed by atoms with Crippen LogP contribution in [0.25, 0.3) is 0 Å². The molecule has 7 nitrogen and oxygen atoms in total. The normalized spacial score (nSPS) is 18.4. The highest BCUT2D eigenvalue weighted by molar-refractivity contribution is 6.01. The zero-order valence-corrected chi connectivity index (χ0v) is 16.2. The first-order chi connectivity index (χ1) is 14.2. The molecule has 0 radical (unpaired) electrons. The quantitative estimate of drug-likeness (QED) is 0.757. The highest BCUT2D eigenvalue weighted by atomic mass is 16.5. The Morgan fingerprint density at radius 1 is 1.07 bits per heavy atom. The van der Waals surface area contributed by atoms with Gasteiger partial charge in [0.1, 0.15) is 12.4 Å². The van der Waals surface area contributed by atoms with Crippen LogP contribution in [0, 0.1) is 0 Å². The lowest BCUT2D eigenvalue weighted by atomic mass is 9.96. The standard InChI is InChI=1S/C22H23N3O4/c1-28-12-11-25-13-18-19(21(25)26)20(24-22(27)23-18)16-7-9-17(10-8-16)29-14-15-5-3-2-4-6-15/h2-10,20H,11-14H2,1H3,(H2,23,24,27)/t20-/m0/s1. The van der Waals surface area contributed by atoms with E-state index in [1.165, 1.54) is 0 Å². The van der Waals surface area contributed by atoms with Gasteiger partial charge >= 0.3 is 6.03 Å². The van der Waals surface area contributed by atoms with E-state index < -0.39 is 6.04 Å². The molecule has 2 aliphatic rings. The van der Waals surface area contributed by atoms with Crippen LogP contribution in [-0.2, 0) is 16.1 Å². The van der Waals surface area contributed by atoms with Gasteiger partial charge in [0, 0.05) is 13.7 Å². The fraction of sp³-hybridized carbons (Fsp3) is 0.273. The summed E-state index contributed by atoms with van der Waals surface area (Å²) in [4.78, 5) is 26.7. The molecular formula is C22H23N3O4. The Bertz CT molecular complexity index is 925. The first kappa shape index (κ1) is 19.0. The largest absolute Gasteiger partial charge is 0.489 e. The number of amides is 3. The Morgan fingerprint density at radius 2 is 1.83 bits per heavy atom. The van der Waals surface area contributed by atoms with Crippen LogP contribution in [0.5, 0.6) is 5.75 Å². The van der Waals surface area contributed by atoms with Crippen molar-refractivity contribution in [2.45, 2.75) is 12.6 Å². The molecular weight excluding hydrogens is 370 g/mol. The Kier molecular flexibility index (Phi) is 5.48. The lowest BCUT2D eigenvalue weighted by Crippen LogP contribution is -2.44. The molecule has 7 heteroatoms. The number of benzene rings is 2. The van der Waals surface area contributed by atoms with Gasteiger partial charge in [0.15, 0.2) is 0 Å². The van der Waals surface area contributed by atoms with Crippen LogP contribution < -0.4 is 15.4 Å². The molecule has 0 saturated heterocycles. The van der Waals surface area contributed by atoms with E-state index in [4.69, 9.17) is 9.47 Å². The molecule has 150 valence electrons. The van der Waals surface area contributed by atoms with Crippen LogP contribution in [0.1, 0.15) is 17.2 Å². The monoisotopic (exact) mass is 393 g/mol. The third-order valence-corrected chi connectivity index (χ3v) is 5.05. The number of nitrogens with zero attached hydrogens (tertiary/aromatic N) is 1. The Morgan fingerprint density at radius 3 is 2.55 bits per heavy atom. The minimum Gasteiger partial charge on any atom is -0.489 e. The number of hydrogen-bond acceptors (Lipinski definition) is 4. The van der Waals surface area contributed by atoms with Crippen molar-refractivity contribution < 1.29 is 19.1 Å². The number of rotatable bonds is 7. The van der Waals surface area contributed by atoms with Crippen molar-refractivity contribution in [3.8, 4) is 5.75 Å². The van der Waals surface area contributed by atoms with Gasteiger partial charge in [-0.05, 0) is 23.3 Å².